The lowest BCUT2D eigenvalue weighted by atomic mass is 9.86. The molecule has 0 aromatic carbocycles. The molecule has 0 saturated heterocycles. The molecule has 0 spiro atoms. The van der Waals surface area contributed by atoms with Crippen molar-refractivity contribution in [2.45, 2.75) is 63.8 Å². The molecule has 0 aromatic heterocycles. The van der Waals surface area contributed by atoms with Gasteiger partial charge in [-0.15, -0.1) is 0 Å². The third-order valence-electron chi connectivity index (χ3n) is 5.34. The molecule has 3 atom stereocenters. The zero-order valence-electron chi connectivity index (χ0n) is 12.0. The predicted molar refractivity (Wildman–Crippen MR) is 82.8 cm³/mol. The molecule has 3 saturated carbocycles. The second-order valence-corrected chi connectivity index (χ2v) is 7.18. The standard InChI is InChI=1S/C15H25N3OS/c19-14(9-12-8-10-5-6-11(12)7-10)17-18-15(20)16-13-3-1-2-4-13/h10-13H,1-9H2,(H,17,19)(H2,16,18,20)/t10-,11+,12-/m1/s1. The third kappa shape index (κ3) is 3.43. The van der Waals surface area contributed by atoms with Crippen LogP contribution < -0.4 is 16.2 Å². The molecule has 3 N–H and O–H groups in total. The van der Waals surface area contributed by atoms with E-state index >= 15 is 0 Å². The van der Waals surface area contributed by atoms with Crippen molar-refractivity contribution in [1.82, 2.24) is 16.2 Å². The second kappa shape index (κ2) is 6.29. The number of hydrogen-bond donors (Lipinski definition) is 3. The lowest BCUT2D eigenvalue weighted by Gasteiger charge is -2.21. The van der Waals surface area contributed by atoms with Crippen molar-refractivity contribution < 1.29 is 4.79 Å². The lowest BCUT2D eigenvalue weighted by Crippen LogP contribution is -2.49. The molecule has 0 aromatic rings. The summed E-state index contributed by atoms with van der Waals surface area (Å²) < 4.78 is 0. The van der Waals surface area contributed by atoms with E-state index in [4.69, 9.17) is 12.2 Å². The molecule has 20 heavy (non-hydrogen) atoms. The summed E-state index contributed by atoms with van der Waals surface area (Å²) in [5.41, 5.74) is 5.60. The van der Waals surface area contributed by atoms with Gasteiger partial charge in [0.1, 0.15) is 0 Å². The molecule has 3 aliphatic rings. The maximum absolute atomic E-state index is 12.0. The van der Waals surface area contributed by atoms with Crippen molar-refractivity contribution in [3.8, 4) is 0 Å². The number of amides is 1. The highest BCUT2D eigenvalue weighted by atomic mass is 32.1. The van der Waals surface area contributed by atoms with E-state index in [1.807, 2.05) is 0 Å². The van der Waals surface area contributed by atoms with Crippen molar-refractivity contribution in [3.63, 3.8) is 0 Å². The zero-order chi connectivity index (χ0) is 13.9. The largest absolute Gasteiger partial charge is 0.359 e. The summed E-state index contributed by atoms with van der Waals surface area (Å²) in [7, 11) is 0. The molecule has 0 aliphatic heterocycles. The normalized spacial score (nSPS) is 32.3. The van der Waals surface area contributed by atoms with Gasteiger partial charge in [0, 0.05) is 12.5 Å². The fourth-order valence-electron chi connectivity index (χ4n) is 4.33. The number of carbonyl (C=O) groups is 1. The number of thiocarbonyl (C=S) groups is 1. The Labute approximate surface area is 126 Å². The van der Waals surface area contributed by atoms with Crippen LogP contribution in [0.15, 0.2) is 0 Å². The monoisotopic (exact) mass is 295 g/mol. The first-order valence-electron chi connectivity index (χ1n) is 8.06. The predicted octanol–water partition coefficient (Wildman–Crippen LogP) is 2.25. The minimum Gasteiger partial charge on any atom is -0.359 e. The second-order valence-electron chi connectivity index (χ2n) is 6.77. The molecule has 3 fully saturated rings. The Morgan fingerprint density at radius 2 is 1.85 bits per heavy atom. The first-order valence-corrected chi connectivity index (χ1v) is 8.47. The van der Waals surface area contributed by atoms with E-state index in [-0.39, 0.29) is 5.91 Å². The van der Waals surface area contributed by atoms with Crippen molar-refractivity contribution >= 4 is 23.2 Å². The minimum atomic E-state index is 0.0816. The molecule has 1 amide bonds. The summed E-state index contributed by atoms with van der Waals surface area (Å²) >= 11 is 5.21. The summed E-state index contributed by atoms with van der Waals surface area (Å²) in [6, 6.07) is 0.484. The SMILES string of the molecule is O=C(C[C@H]1C[C@@H]2CC[C@H]1C2)NNC(=S)NC1CCCC1. The van der Waals surface area contributed by atoms with E-state index in [1.165, 1.54) is 51.4 Å². The Morgan fingerprint density at radius 1 is 1.05 bits per heavy atom. The highest BCUT2D eigenvalue weighted by Crippen LogP contribution is 2.49. The Kier molecular flexibility index (Phi) is 4.44. The van der Waals surface area contributed by atoms with Gasteiger partial charge in [0.25, 0.3) is 0 Å². The van der Waals surface area contributed by atoms with Crippen molar-refractivity contribution in [2.75, 3.05) is 0 Å². The highest BCUT2D eigenvalue weighted by Gasteiger charge is 2.40. The Balaban J connectivity index is 1.33. The number of hydrazine groups is 1. The molecule has 0 heterocycles. The van der Waals surface area contributed by atoms with Gasteiger partial charge < -0.3 is 5.32 Å². The third-order valence-corrected chi connectivity index (χ3v) is 5.56. The summed E-state index contributed by atoms with van der Waals surface area (Å²) in [5.74, 6) is 2.38. The van der Waals surface area contributed by atoms with Crippen LogP contribution in [-0.4, -0.2) is 17.1 Å². The number of hydrogen-bond acceptors (Lipinski definition) is 2. The molecule has 4 nitrogen and oxygen atoms in total. The minimum absolute atomic E-state index is 0.0816. The van der Waals surface area contributed by atoms with E-state index in [0.717, 1.165) is 11.8 Å². The van der Waals surface area contributed by atoms with Gasteiger partial charge >= 0.3 is 0 Å². The Bertz CT molecular complexity index is 381. The van der Waals surface area contributed by atoms with E-state index < -0.39 is 0 Å². The van der Waals surface area contributed by atoms with E-state index in [0.29, 0.717) is 23.5 Å². The topological polar surface area (TPSA) is 53.2 Å². The van der Waals surface area contributed by atoms with Gasteiger partial charge in [-0.25, -0.2) is 0 Å². The quantitative estimate of drug-likeness (QED) is 0.552. The highest BCUT2D eigenvalue weighted by molar-refractivity contribution is 7.80. The van der Waals surface area contributed by atoms with Crippen LogP contribution in [0.1, 0.15) is 57.8 Å². The number of fused-ring (bicyclic) bond motifs is 2. The van der Waals surface area contributed by atoms with Crippen LogP contribution >= 0.6 is 12.2 Å². The zero-order valence-corrected chi connectivity index (χ0v) is 12.8. The van der Waals surface area contributed by atoms with Crippen LogP contribution in [0.2, 0.25) is 0 Å². The Morgan fingerprint density at radius 3 is 2.50 bits per heavy atom. The van der Waals surface area contributed by atoms with Crippen LogP contribution in [0.3, 0.4) is 0 Å². The summed E-state index contributed by atoms with van der Waals surface area (Å²) in [5, 5.41) is 3.81. The maximum atomic E-state index is 12.0. The maximum Gasteiger partial charge on any atom is 0.238 e. The van der Waals surface area contributed by atoms with Crippen LogP contribution in [0.25, 0.3) is 0 Å². The van der Waals surface area contributed by atoms with Crippen LogP contribution in [0, 0.1) is 17.8 Å². The van der Waals surface area contributed by atoms with Gasteiger partial charge in [0.15, 0.2) is 5.11 Å². The van der Waals surface area contributed by atoms with Crippen molar-refractivity contribution in [1.29, 1.82) is 0 Å². The van der Waals surface area contributed by atoms with Gasteiger partial charge in [0.05, 0.1) is 0 Å². The molecule has 2 bridgehead atoms. The smallest absolute Gasteiger partial charge is 0.238 e. The van der Waals surface area contributed by atoms with Crippen LogP contribution in [0.4, 0.5) is 0 Å². The number of nitrogens with one attached hydrogen (secondary N) is 3. The average Bonchev–Trinajstić information content (AvgIpc) is 3.13. The first-order chi connectivity index (χ1) is 9.70. The molecule has 3 rings (SSSR count). The summed E-state index contributed by atoms with van der Waals surface area (Å²) in [4.78, 5) is 12.0. The molecule has 0 unspecified atom stereocenters. The van der Waals surface area contributed by atoms with Crippen molar-refractivity contribution in [3.05, 3.63) is 0 Å². The number of carbonyl (C=O) groups excluding carboxylic acids is 1. The van der Waals surface area contributed by atoms with Gasteiger partial charge in [-0.2, -0.15) is 0 Å². The van der Waals surface area contributed by atoms with Crippen molar-refractivity contribution in [2.24, 2.45) is 17.8 Å². The molecular weight excluding hydrogens is 270 g/mol. The average molecular weight is 295 g/mol. The van der Waals surface area contributed by atoms with Crippen LogP contribution in [0.5, 0.6) is 0 Å². The number of rotatable bonds is 3. The molecule has 3 aliphatic carbocycles. The van der Waals surface area contributed by atoms with Gasteiger partial charge in [0.2, 0.25) is 5.91 Å². The van der Waals surface area contributed by atoms with Gasteiger partial charge in [-0.05, 0) is 62.1 Å². The van der Waals surface area contributed by atoms with Gasteiger partial charge in [-0.3, -0.25) is 15.6 Å². The Hall–Kier alpha value is -0.840. The fourth-order valence-corrected chi connectivity index (χ4v) is 4.55. The van der Waals surface area contributed by atoms with E-state index in [2.05, 4.69) is 16.2 Å². The van der Waals surface area contributed by atoms with E-state index in [9.17, 15) is 4.79 Å². The first kappa shape index (κ1) is 14.1. The molecule has 112 valence electrons. The van der Waals surface area contributed by atoms with E-state index in [1.54, 1.807) is 0 Å². The fraction of sp³-hybridized carbons (Fsp3) is 0.867. The van der Waals surface area contributed by atoms with Gasteiger partial charge in [-0.1, -0.05) is 19.3 Å². The van der Waals surface area contributed by atoms with Crippen LogP contribution in [-0.2, 0) is 4.79 Å². The summed E-state index contributed by atoms with van der Waals surface area (Å²) in [6.07, 6.45) is 10.9. The molecule has 5 heteroatoms. The molecular formula is C15H25N3OS. The molecule has 0 radical (unpaired) electrons. The lowest BCUT2D eigenvalue weighted by molar-refractivity contribution is -0.122. The summed E-state index contributed by atoms with van der Waals surface area (Å²) in [6.45, 7) is 0.